The Morgan fingerprint density at radius 3 is 3.00 bits per heavy atom. The van der Waals surface area contributed by atoms with Gasteiger partial charge in [0.25, 0.3) is 5.56 Å². The number of nitrogens with one attached hydrogen (secondary N) is 1. The Labute approximate surface area is 113 Å². The summed E-state index contributed by atoms with van der Waals surface area (Å²) < 4.78 is 1.73. The normalized spacial score (nSPS) is 23.0. The zero-order valence-corrected chi connectivity index (χ0v) is 11.5. The van der Waals surface area contributed by atoms with Gasteiger partial charge in [-0.1, -0.05) is 0 Å². The molecule has 1 saturated carbocycles. The molecule has 2 fully saturated rings. The summed E-state index contributed by atoms with van der Waals surface area (Å²) >= 11 is 0. The molecule has 1 aromatic heterocycles. The summed E-state index contributed by atoms with van der Waals surface area (Å²) in [7, 11) is 0. The van der Waals surface area contributed by atoms with Gasteiger partial charge in [0, 0.05) is 44.1 Å². The lowest BCUT2D eigenvalue weighted by Crippen LogP contribution is -2.42. The second-order valence-corrected chi connectivity index (χ2v) is 5.51. The van der Waals surface area contributed by atoms with E-state index in [2.05, 4.69) is 15.2 Å². The first-order valence-corrected chi connectivity index (χ1v) is 7.35. The fraction of sp³-hybridized carbons (Fsp3) is 0.714. The van der Waals surface area contributed by atoms with Crippen molar-refractivity contribution in [2.45, 2.75) is 51.2 Å². The molecule has 1 unspecified atom stereocenters. The van der Waals surface area contributed by atoms with Gasteiger partial charge in [0.1, 0.15) is 0 Å². The summed E-state index contributed by atoms with van der Waals surface area (Å²) in [4.78, 5) is 18.8. The van der Waals surface area contributed by atoms with E-state index in [1.54, 1.807) is 17.0 Å². The maximum Gasteiger partial charge on any atom is 0.293 e. The average molecular weight is 262 g/mol. The summed E-state index contributed by atoms with van der Waals surface area (Å²) in [5.74, 6) is 0.629. The minimum atomic E-state index is 0.0447. The van der Waals surface area contributed by atoms with Crippen molar-refractivity contribution in [3.8, 4) is 0 Å². The number of hydrogen-bond donors (Lipinski definition) is 1. The molecule has 1 N–H and O–H groups in total. The standard InChI is InChI=1S/C14H22N4O/c1-2-17-9-7-15-13(14(17)19)18-8-3-4-12(18)10-16-11-5-6-11/h7,9,11-12,16H,2-6,8,10H2,1H3. The summed E-state index contributed by atoms with van der Waals surface area (Å²) in [6.45, 7) is 4.62. The van der Waals surface area contributed by atoms with Crippen LogP contribution in [0.2, 0.25) is 0 Å². The van der Waals surface area contributed by atoms with E-state index >= 15 is 0 Å². The third-order valence-electron chi connectivity index (χ3n) is 4.10. The van der Waals surface area contributed by atoms with Gasteiger partial charge in [-0.15, -0.1) is 0 Å². The molecule has 0 amide bonds. The molecule has 1 aromatic rings. The molecule has 2 aliphatic rings. The number of aryl methyl sites for hydroxylation is 1. The number of nitrogens with zero attached hydrogens (tertiary/aromatic N) is 3. The Hall–Kier alpha value is -1.36. The molecule has 2 heterocycles. The lowest BCUT2D eigenvalue weighted by atomic mass is 10.2. The lowest BCUT2D eigenvalue weighted by Gasteiger charge is -2.25. The van der Waals surface area contributed by atoms with Crippen molar-refractivity contribution < 1.29 is 0 Å². The second kappa shape index (κ2) is 5.33. The highest BCUT2D eigenvalue weighted by atomic mass is 16.1. The van der Waals surface area contributed by atoms with Gasteiger partial charge < -0.3 is 14.8 Å². The molecule has 19 heavy (non-hydrogen) atoms. The summed E-state index contributed by atoms with van der Waals surface area (Å²) in [5.41, 5.74) is 0.0447. The maximum absolute atomic E-state index is 12.3. The average Bonchev–Trinajstić information content (AvgIpc) is 3.14. The van der Waals surface area contributed by atoms with Crippen LogP contribution in [0.5, 0.6) is 0 Å². The first-order valence-electron chi connectivity index (χ1n) is 7.35. The molecule has 0 bridgehead atoms. The van der Waals surface area contributed by atoms with Crippen LogP contribution in [0.15, 0.2) is 17.2 Å². The molecular formula is C14H22N4O. The largest absolute Gasteiger partial charge is 0.348 e. The summed E-state index contributed by atoms with van der Waals surface area (Å²) in [6, 6.07) is 1.15. The van der Waals surface area contributed by atoms with Crippen LogP contribution < -0.4 is 15.8 Å². The van der Waals surface area contributed by atoms with Gasteiger partial charge in [0.15, 0.2) is 5.82 Å². The van der Waals surface area contributed by atoms with Crippen molar-refractivity contribution in [1.82, 2.24) is 14.9 Å². The monoisotopic (exact) mass is 262 g/mol. The highest BCUT2D eigenvalue weighted by molar-refractivity contribution is 5.39. The van der Waals surface area contributed by atoms with Gasteiger partial charge >= 0.3 is 0 Å². The SMILES string of the molecule is CCn1ccnc(N2CCCC2CNC2CC2)c1=O. The van der Waals surface area contributed by atoms with E-state index in [1.807, 2.05) is 6.92 Å². The van der Waals surface area contributed by atoms with E-state index in [0.717, 1.165) is 32.0 Å². The Bertz CT molecular complexity index is 494. The van der Waals surface area contributed by atoms with Crippen LogP contribution in [-0.4, -0.2) is 34.7 Å². The molecule has 1 aliphatic carbocycles. The Morgan fingerprint density at radius 1 is 1.42 bits per heavy atom. The predicted molar refractivity (Wildman–Crippen MR) is 75.6 cm³/mol. The zero-order valence-electron chi connectivity index (χ0n) is 11.5. The van der Waals surface area contributed by atoms with Crippen molar-refractivity contribution in [2.75, 3.05) is 18.0 Å². The number of hydrogen-bond acceptors (Lipinski definition) is 4. The van der Waals surface area contributed by atoms with Crippen LogP contribution in [0.25, 0.3) is 0 Å². The fourth-order valence-electron chi connectivity index (χ4n) is 2.80. The predicted octanol–water partition coefficient (Wildman–Crippen LogP) is 0.984. The molecule has 3 rings (SSSR count). The van der Waals surface area contributed by atoms with Crippen molar-refractivity contribution in [3.05, 3.63) is 22.7 Å². The summed E-state index contributed by atoms with van der Waals surface area (Å²) in [6.07, 6.45) is 8.42. The first-order chi connectivity index (χ1) is 9.29. The van der Waals surface area contributed by atoms with Gasteiger partial charge in [0.2, 0.25) is 0 Å². The van der Waals surface area contributed by atoms with E-state index < -0.39 is 0 Å². The number of rotatable bonds is 5. The Balaban J connectivity index is 1.77. The Morgan fingerprint density at radius 2 is 2.26 bits per heavy atom. The zero-order chi connectivity index (χ0) is 13.2. The van der Waals surface area contributed by atoms with Crippen LogP contribution in [0.3, 0.4) is 0 Å². The van der Waals surface area contributed by atoms with E-state index in [9.17, 15) is 4.79 Å². The number of aromatic nitrogens is 2. The minimum Gasteiger partial charge on any atom is -0.348 e. The van der Waals surface area contributed by atoms with Crippen molar-refractivity contribution in [3.63, 3.8) is 0 Å². The third kappa shape index (κ3) is 2.66. The van der Waals surface area contributed by atoms with Gasteiger partial charge in [-0.3, -0.25) is 4.79 Å². The molecule has 104 valence electrons. The van der Waals surface area contributed by atoms with Gasteiger partial charge in [-0.2, -0.15) is 0 Å². The topological polar surface area (TPSA) is 50.2 Å². The van der Waals surface area contributed by atoms with Crippen molar-refractivity contribution in [1.29, 1.82) is 0 Å². The van der Waals surface area contributed by atoms with Crippen LogP contribution in [0.1, 0.15) is 32.6 Å². The maximum atomic E-state index is 12.3. The van der Waals surface area contributed by atoms with Gasteiger partial charge in [-0.25, -0.2) is 4.98 Å². The van der Waals surface area contributed by atoms with Crippen molar-refractivity contribution in [2.24, 2.45) is 0 Å². The van der Waals surface area contributed by atoms with E-state index in [4.69, 9.17) is 0 Å². The molecular weight excluding hydrogens is 240 g/mol. The van der Waals surface area contributed by atoms with Crippen LogP contribution in [0, 0.1) is 0 Å². The molecule has 0 radical (unpaired) electrons. The third-order valence-corrected chi connectivity index (χ3v) is 4.10. The second-order valence-electron chi connectivity index (χ2n) is 5.51. The van der Waals surface area contributed by atoms with Crippen LogP contribution >= 0.6 is 0 Å². The van der Waals surface area contributed by atoms with E-state index in [-0.39, 0.29) is 5.56 Å². The highest BCUT2D eigenvalue weighted by Gasteiger charge is 2.29. The summed E-state index contributed by atoms with van der Waals surface area (Å²) in [5, 5.41) is 3.57. The van der Waals surface area contributed by atoms with Gasteiger partial charge in [0.05, 0.1) is 0 Å². The smallest absolute Gasteiger partial charge is 0.293 e. The molecule has 1 atom stereocenters. The molecule has 5 nitrogen and oxygen atoms in total. The van der Waals surface area contributed by atoms with Crippen LogP contribution in [-0.2, 0) is 6.54 Å². The van der Waals surface area contributed by atoms with Crippen molar-refractivity contribution >= 4 is 5.82 Å². The first kappa shape index (κ1) is 12.7. The van der Waals surface area contributed by atoms with Crippen LogP contribution in [0.4, 0.5) is 5.82 Å². The quantitative estimate of drug-likeness (QED) is 0.859. The lowest BCUT2D eigenvalue weighted by molar-refractivity contribution is 0.564. The Kier molecular flexibility index (Phi) is 3.55. The number of anilines is 1. The minimum absolute atomic E-state index is 0.0447. The molecule has 1 saturated heterocycles. The molecule has 1 aliphatic heterocycles. The molecule has 0 aromatic carbocycles. The molecule has 5 heteroatoms. The highest BCUT2D eigenvalue weighted by Crippen LogP contribution is 2.23. The molecule has 0 spiro atoms. The van der Waals surface area contributed by atoms with Gasteiger partial charge in [-0.05, 0) is 32.6 Å². The fourth-order valence-corrected chi connectivity index (χ4v) is 2.80. The van der Waals surface area contributed by atoms with E-state index in [0.29, 0.717) is 18.4 Å². The van der Waals surface area contributed by atoms with E-state index in [1.165, 1.54) is 12.8 Å².